The summed E-state index contributed by atoms with van der Waals surface area (Å²) >= 11 is 0. The SMILES string of the molecule is CN1C(=O)/C(=C\c2cccc(/C=C\C(=O)N3CCOCC3)c2)Oc2ccccc21. The monoisotopic (exact) mass is 390 g/mol. The van der Waals surface area contributed by atoms with E-state index in [0.717, 1.165) is 16.8 Å². The number of ether oxygens (including phenoxy) is 2. The molecular weight excluding hydrogens is 368 g/mol. The van der Waals surface area contributed by atoms with E-state index < -0.39 is 0 Å². The number of hydrogen-bond acceptors (Lipinski definition) is 4. The van der Waals surface area contributed by atoms with Crippen LogP contribution >= 0.6 is 0 Å². The van der Waals surface area contributed by atoms with Crippen LogP contribution in [-0.2, 0) is 14.3 Å². The lowest BCUT2D eigenvalue weighted by Gasteiger charge is -2.27. The summed E-state index contributed by atoms with van der Waals surface area (Å²) in [6.45, 7) is 2.38. The standard InChI is InChI=1S/C23H22N2O4/c1-24-19-7-2-3-8-20(19)29-21(23(24)27)16-18-6-4-5-17(15-18)9-10-22(26)25-11-13-28-14-12-25/h2-10,15-16H,11-14H2,1H3/b10-9-,21-16+. The highest BCUT2D eigenvalue weighted by atomic mass is 16.5. The first-order chi connectivity index (χ1) is 14.1. The van der Waals surface area contributed by atoms with Crippen LogP contribution in [0.2, 0.25) is 0 Å². The maximum Gasteiger partial charge on any atom is 0.293 e. The third kappa shape index (κ3) is 4.22. The predicted molar refractivity (Wildman–Crippen MR) is 111 cm³/mol. The summed E-state index contributed by atoms with van der Waals surface area (Å²) in [5.41, 5.74) is 2.44. The normalized spacial score (nSPS) is 18.1. The van der Waals surface area contributed by atoms with E-state index in [4.69, 9.17) is 9.47 Å². The zero-order valence-corrected chi connectivity index (χ0v) is 16.2. The van der Waals surface area contributed by atoms with E-state index in [9.17, 15) is 9.59 Å². The number of rotatable bonds is 3. The number of likely N-dealkylation sites (N-methyl/N-ethyl adjacent to an activating group) is 1. The van der Waals surface area contributed by atoms with E-state index in [2.05, 4.69) is 0 Å². The average Bonchev–Trinajstić information content (AvgIpc) is 2.76. The molecule has 2 aromatic rings. The van der Waals surface area contributed by atoms with Gasteiger partial charge in [-0.1, -0.05) is 30.3 Å². The topological polar surface area (TPSA) is 59.1 Å². The van der Waals surface area contributed by atoms with Gasteiger partial charge in [0.25, 0.3) is 5.91 Å². The molecule has 0 aromatic heterocycles. The minimum Gasteiger partial charge on any atom is -0.449 e. The number of anilines is 1. The molecule has 0 spiro atoms. The van der Waals surface area contributed by atoms with Crippen molar-refractivity contribution in [2.24, 2.45) is 0 Å². The van der Waals surface area contributed by atoms with Crippen LogP contribution in [0.1, 0.15) is 11.1 Å². The van der Waals surface area contributed by atoms with Crippen LogP contribution < -0.4 is 9.64 Å². The predicted octanol–water partition coefficient (Wildman–Crippen LogP) is 2.95. The van der Waals surface area contributed by atoms with Crippen molar-refractivity contribution in [2.75, 3.05) is 38.3 Å². The minimum atomic E-state index is -0.202. The molecule has 2 heterocycles. The first-order valence-corrected chi connectivity index (χ1v) is 9.53. The van der Waals surface area contributed by atoms with Crippen molar-refractivity contribution in [2.45, 2.75) is 0 Å². The molecule has 6 nitrogen and oxygen atoms in total. The summed E-state index contributed by atoms with van der Waals surface area (Å²) < 4.78 is 11.1. The van der Waals surface area contributed by atoms with Crippen molar-refractivity contribution in [1.82, 2.24) is 4.90 Å². The maximum atomic E-state index is 12.6. The second-order valence-corrected chi connectivity index (χ2v) is 6.88. The van der Waals surface area contributed by atoms with E-state index in [1.165, 1.54) is 0 Å². The molecule has 148 valence electrons. The van der Waals surface area contributed by atoms with Crippen molar-refractivity contribution >= 4 is 29.7 Å². The molecule has 0 unspecified atom stereocenters. The Morgan fingerprint density at radius 1 is 1.03 bits per heavy atom. The summed E-state index contributed by atoms with van der Waals surface area (Å²) in [6, 6.07) is 15.0. The number of para-hydroxylation sites is 2. The lowest BCUT2D eigenvalue weighted by molar-refractivity contribution is -0.129. The number of nitrogens with zero attached hydrogens (tertiary/aromatic N) is 2. The molecule has 0 atom stereocenters. The Balaban J connectivity index is 1.52. The van der Waals surface area contributed by atoms with Gasteiger partial charge >= 0.3 is 0 Å². The van der Waals surface area contributed by atoms with E-state index in [1.807, 2.05) is 48.5 Å². The number of benzene rings is 2. The minimum absolute atomic E-state index is 0.0268. The highest BCUT2D eigenvalue weighted by molar-refractivity contribution is 6.09. The molecule has 1 saturated heterocycles. The number of morpholine rings is 1. The zero-order valence-electron chi connectivity index (χ0n) is 16.2. The van der Waals surface area contributed by atoms with Gasteiger partial charge in [-0.05, 0) is 41.5 Å². The molecule has 6 heteroatoms. The fourth-order valence-corrected chi connectivity index (χ4v) is 3.31. The quantitative estimate of drug-likeness (QED) is 0.756. The number of amides is 2. The van der Waals surface area contributed by atoms with Gasteiger partial charge in [0.2, 0.25) is 5.91 Å². The van der Waals surface area contributed by atoms with E-state index in [-0.39, 0.29) is 17.6 Å². The highest BCUT2D eigenvalue weighted by Crippen LogP contribution is 2.34. The van der Waals surface area contributed by atoms with Gasteiger partial charge in [0.15, 0.2) is 11.5 Å². The average molecular weight is 390 g/mol. The van der Waals surface area contributed by atoms with Gasteiger partial charge in [-0.25, -0.2) is 0 Å². The Bertz CT molecular complexity index is 990. The van der Waals surface area contributed by atoms with Crippen LogP contribution in [0.5, 0.6) is 5.75 Å². The van der Waals surface area contributed by atoms with Gasteiger partial charge in [-0.3, -0.25) is 9.59 Å². The fourth-order valence-electron chi connectivity index (χ4n) is 3.31. The Morgan fingerprint density at radius 2 is 1.79 bits per heavy atom. The molecule has 2 aliphatic heterocycles. The van der Waals surface area contributed by atoms with Crippen LogP contribution in [0, 0.1) is 0 Å². The van der Waals surface area contributed by atoms with Crippen molar-refractivity contribution in [3.8, 4) is 5.75 Å². The zero-order chi connectivity index (χ0) is 20.2. The Morgan fingerprint density at radius 3 is 2.62 bits per heavy atom. The number of fused-ring (bicyclic) bond motifs is 1. The number of carbonyl (C=O) groups excluding carboxylic acids is 2. The molecule has 0 N–H and O–H groups in total. The lowest BCUT2D eigenvalue weighted by atomic mass is 10.1. The van der Waals surface area contributed by atoms with Gasteiger partial charge in [0.05, 0.1) is 18.9 Å². The van der Waals surface area contributed by atoms with E-state index in [0.29, 0.717) is 32.1 Å². The summed E-state index contributed by atoms with van der Waals surface area (Å²) in [5.74, 6) is 0.679. The van der Waals surface area contributed by atoms with Gasteiger partial charge in [0.1, 0.15) is 0 Å². The molecule has 29 heavy (non-hydrogen) atoms. The maximum absolute atomic E-state index is 12.6. The molecule has 2 amide bonds. The van der Waals surface area contributed by atoms with Crippen LogP contribution in [0.15, 0.2) is 60.4 Å². The van der Waals surface area contributed by atoms with Crippen LogP contribution in [0.4, 0.5) is 5.69 Å². The largest absolute Gasteiger partial charge is 0.449 e. The number of hydrogen-bond donors (Lipinski definition) is 0. The summed E-state index contributed by atoms with van der Waals surface area (Å²) in [5, 5.41) is 0. The first kappa shape index (κ1) is 19.0. The molecule has 1 fully saturated rings. The van der Waals surface area contributed by atoms with Gasteiger partial charge in [-0.2, -0.15) is 0 Å². The second-order valence-electron chi connectivity index (χ2n) is 6.88. The molecule has 0 aliphatic carbocycles. The van der Waals surface area contributed by atoms with Gasteiger partial charge in [-0.15, -0.1) is 0 Å². The van der Waals surface area contributed by atoms with Crippen molar-refractivity contribution in [3.05, 3.63) is 71.5 Å². The molecule has 0 radical (unpaired) electrons. The highest BCUT2D eigenvalue weighted by Gasteiger charge is 2.27. The van der Waals surface area contributed by atoms with E-state index in [1.54, 1.807) is 35.1 Å². The fraction of sp³-hybridized carbons (Fsp3) is 0.217. The summed E-state index contributed by atoms with van der Waals surface area (Å²) in [7, 11) is 1.73. The van der Waals surface area contributed by atoms with Crippen molar-refractivity contribution < 1.29 is 19.1 Å². The molecular formula is C23H22N2O4. The Hall–Kier alpha value is -3.38. The van der Waals surface area contributed by atoms with Crippen LogP contribution in [-0.4, -0.2) is 50.1 Å². The number of carbonyl (C=O) groups is 2. The molecule has 2 aromatic carbocycles. The van der Waals surface area contributed by atoms with Gasteiger partial charge in [0, 0.05) is 26.2 Å². The van der Waals surface area contributed by atoms with Gasteiger partial charge < -0.3 is 19.3 Å². The third-order valence-electron chi connectivity index (χ3n) is 4.91. The summed E-state index contributed by atoms with van der Waals surface area (Å²) in [4.78, 5) is 28.2. The molecule has 0 bridgehead atoms. The smallest absolute Gasteiger partial charge is 0.293 e. The molecule has 4 rings (SSSR count). The van der Waals surface area contributed by atoms with Crippen LogP contribution in [0.3, 0.4) is 0 Å². The third-order valence-corrected chi connectivity index (χ3v) is 4.91. The second kappa shape index (κ2) is 8.32. The van der Waals surface area contributed by atoms with Crippen molar-refractivity contribution in [3.63, 3.8) is 0 Å². The van der Waals surface area contributed by atoms with Crippen molar-refractivity contribution in [1.29, 1.82) is 0 Å². The van der Waals surface area contributed by atoms with Crippen LogP contribution in [0.25, 0.3) is 12.2 Å². The summed E-state index contributed by atoms with van der Waals surface area (Å²) in [6.07, 6.45) is 5.07. The molecule has 2 aliphatic rings. The Labute approximate surface area is 169 Å². The molecule has 0 saturated carbocycles. The van der Waals surface area contributed by atoms with E-state index >= 15 is 0 Å². The first-order valence-electron chi connectivity index (χ1n) is 9.53. The Kier molecular flexibility index (Phi) is 5.44. The lowest BCUT2D eigenvalue weighted by Crippen LogP contribution is -2.39.